The Kier molecular flexibility index (Phi) is 6.68. The molecule has 2 aromatic rings. The van der Waals surface area contributed by atoms with Crippen molar-refractivity contribution in [3.63, 3.8) is 0 Å². The van der Waals surface area contributed by atoms with Gasteiger partial charge in [0.15, 0.2) is 0 Å². The molecule has 0 aliphatic carbocycles. The predicted molar refractivity (Wildman–Crippen MR) is 106 cm³/mol. The van der Waals surface area contributed by atoms with Crippen LogP contribution in [0.3, 0.4) is 0 Å². The van der Waals surface area contributed by atoms with Crippen molar-refractivity contribution >= 4 is 27.3 Å². The minimum Gasteiger partial charge on any atom is -0.369 e. The number of hydrogen-bond donors (Lipinski definition) is 1. The van der Waals surface area contributed by atoms with Crippen molar-refractivity contribution in [3.8, 4) is 11.8 Å². The number of anilines is 1. The lowest BCUT2D eigenvalue weighted by Crippen LogP contribution is -2.55. The first kappa shape index (κ1) is 25.2. The van der Waals surface area contributed by atoms with Crippen LogP contribution in [0, 0.1) is 11.8 Å². The number of aliphatic hydroxyl groups is 1. The standard InChI is InChI=1S/C18H16F6N4O3S2/c1-2-4-13-11-27(33(30,31)14-5-3-8-32-14)6-7-28(13)15-25-9-12(10-26-15)16(29,17(19,20)21)18(22,23)24/h3,5,8-10,13,29H,6-7,11H2,1H3. The van der Waals surface area contributed by atoms with Gasteiger partial charge in [-0.1, -0.05) is 12.0 Å². The molecule has 7 nitrogen and oxygen atoms in total. The van der Waals surface area contributed by atoms with Gasteiger partial charge in [0.1, 0.15) is 10.3 Å². The molecule has 1 fully saturated rings. The molecule has 33 heavy (non-hydrogen) atoms. The van der Waals surface area contributed by atoms with E-state index in [4.69, 9.17) is 0 Å². The summed E-state index contributed by atoms with van der Waals surface area (Å²) < 4.78 is 105. The molecule has 1 saturated heterocycles. The molecule has 3 heterocycles. The molecule has 1 N–H and O–H groups in total. The Morgan fingerprint density at radius 1 is 1.12 bits per heavy atom. The second-order valence-electron chi connectivity index (χ2n) is 6.88. The zero-order valence-electron chi connectivity index (χ0n) is 16.7. The molecule has 0 aromatic carbocycles. The maximum Gasteiger partial charge on any atom is 0.430 e. The third kappa shape index (κ3) is 4.52. The normalized spacial score (nSPS) is 18.7. The third-order valence-corrected chi connectivity index (χ3v) is 8.11. The minimum atomic E-state index is -6.06. The molecule has 0 bridgehead atoms. The molecule has 0 spiro atoms. The zero-order valence-corrected chi connectivity index (χ0v) is 18.4. The Morgan fingerprint density at radius 2 is 1.73 bits per heavy atom. The number of aromatic nitrogens is 2. The fourth-order valence-corrected chi connectivity index (χ4v) is 5.77. The lowest BCUT2D eigenvalue weighted by Gasteiger charge is -2.38. The Hall–Kier alpha value is -2.41. The molecular weight excluding hydrogens is 498 g/mol. The van der Waals surface area contributed by atoms with E-state index in [-0.39, 0.29) is 42.2 Å². The number of hydrogen-bond acceptors (Lipinski definition) is 7. The van der Waals surface area contributed by atoms with Crippen LogP contribution >= 0.6 is 11.3 Å². The average Bonchev–Trinajstić information content (AvgIpc) is 3.28. The fraction of sp³-hybridized carbons (Fsp3) is 0.444. The van der Waals surface area contributed by atoms with Crippen LogP contribution < -0.4 is 4.90 Å². The maximum absolute atomic E-state index is 13.1. The highest BCUT2D eigenvalue weighted by Crippen LogP contribution is 2.49. The number of rotatable bonds is 4. The summed E-state index contributed by atoms with van der Waals surface area (Å²) in [5, 5.41) is 11.1. The smallest absolute Gasteiger partial charge is 0.369 e. The highest BCUT2D eigenvalue weighted by Gasteiger charge is 2.71. The van der Waals surface area contributed by atoms with E-state index >= 15 is 0 Å². The second-order valence-corrected chi connectivity index (χ2v) is 9.99. The van der Waals surface area contributed by atoms with Crippen molar-refractivity contribution in [2.45, 2.75) is 35.1 Å². The van der Waals surface area contributed by atoms with Crippen LogP contribution in [0.5, 0.6) is 0 Å². The summed E-state index contributed by atoms with van der Waals surface area (Å²) in [6, 6.07) is 2.21. The van der Waals surface area contributed by atoms with E-state index < -0.39 is 39.6 Å². The second kappa shape index (κ2) is 8.75. The van der Waals surface area contributed by atoms with Crippen molar-refractivity contribution in [2.24, 2.45) is 0 Å². The van der Waals surface area contributed by atoms with Gasteiger partial charge in [0, 0.05) is 37.6 Å². The van der Waals surface area contributed by atoms with Gasteiger partial charge in [-0.15, -0.1) is 17.3 Å². The van der Waals surface area contributed by atoms with E-state index in [1.54, 1.807) is 11.4 Å². The summed E-state index contributed by atoms with van der Waals surface area (Å²) in [6.45, 7) is 1.30. The van der Waals surface area contributed by atoms with Gasteiger partial charge in [-0.2, -0.15) is 30.6 Å². The van der Waals surface area contributed by atoms with Gasteiger partial charge in [-0.25, -0.2) is 18.4 Å². The maximum atomic E-state index is 13.1. The van der Waals surface area contributed by atoms with Crippen LogP contribution in [0.15, 0.2) is 34.1 Å². The van der Waals surface area contributed by atoms with E-state index in [0.29, 0.717) is 0 Å². The Labute approximate surface area is 188 Å². The number of halogens is 6. The van der Waals surface area contributed by atoms with Gasteiger partial charge in [-0.3, -0.25) is 0 Å². The lowest BCUT2D eigenvalue weighted by atomic mass is 9.95. The van der Waals surface area contributed by atoms with Crippen molar-refractivity contribution in [1.29, 1.82) is 0 Å². The summed E-state index contributed by atoms with van der Waals surface area (Å²) in [5.41, 5.74) is -6.74. The van der Waals surface area contributed by atoms with E-state index in [2.05, 4.69) is 21.8 Å². The molecule has 180 valence electrons. The summed E-state index contributed by atoms with van der Waals surface area (Å²) >= 11 is 1.03. The van der Waals surface area contributed by atoms with Crippen LogP contribution in [0.2, 0.25) is 0 Å². The van der Waals surface area contributed by atoms with Gasteiger partial charge in [0.2, 0.25) is 5.95 Å². The van der Waals surface area contributed by atoms with E-state index in [9.17, 15) is 39.9 Å². The molecule has 0 saturated carbocycles. The van der Waals surface area contributed by atoms with Gasteiger partial charge in [-0.05, 0) is 18.4 Å². The number of thiophene rings is 1. The van der Waals surface area contributed by atoms with Crippen LogP contribution in [0.4, 0.5) is 32.3 Å². The van der Waals surface area contributed by atoms with Crippen LogP contribution in [-0.4, -0.2) is 65.8 Å². The Bertz CT molecular complexity index is 1130. The fourth-order valence-electron chi connectivity index (χ4n) is 3.19. The van der Waals surface area contributed by atoms with Crippen molar-refractivity contribution in [1.82, 2.24) is 14.3 Å². The van der Waals surface area contributed by atoms with Crippen LogP contribution in [0.25, 0.3) is 0 Å². The molecule has 1 unspecified atom stereocenters. The van der Waals surface area contributed by atoms with Gasteiger partial charge in [0.25, 0.3) is 15.6 Å². The van der Waals surface area contributed by atoms with Gasteiger partial charge < -0.3 is 10.0 Å². The largest absolute Gasteiger partial charge is 0.430 e. The van der Waals surface area contributed by atoms with E-state index in [0.717, 1.165) is 11.3 Å². The van der Waals surface area contributed by atoms with Gasteiger partial charge in [0.05, 0.1) is 0 Å². The van der Waals surface area contributed by atoms with Crippen LogP contribution in [-0.2, 0) is 15.6 Å². The molecule has 1 aliphatic rings. The first-order valence-corrected chi connectivity index (χ1v) is 11.5. The molecule has 1 atom stereocenters. The first-order chi connectivity index (χ1) is 15.2. The number of sulfonamides is 1. The summed E-state index contributed by atoms with van der Waals surface area (Å²) in [4.78, 5) is 8.55. The van der Waals surface area contributed by atoms with Crippen LogP contribution in [0.1, 0.15) is 12.5 Å². The van der Waals surface area contributed by atoms with Crippen molar-refractivity contribution in [2.75, 3.05) is 24.5 Å². The van der Waals surface area contributed by atoms with Gasteiger partial charge >= 0.3 is 12.4 Å². The minimum absolute atomic E-state index is 0.0217. The SMILES string of the molecule is CC#CC1CN(S(=O)(=O)c2cccs2)CCN1c1ncc(C(O)(C(F)(F)F)C(F)(F)F)cn1. The van der Waals surface area contributed by atoms with Crippen molar-refractivity contribution in [3.05, 3.63) is 35.5 Å². The summed E-state index contributed by atoms with van der Waals surface area (Å²) in [7, 11) is -3.80. The molecule has 0 amide bonds. The Balaban J connectivity index is 1.90. The molecule has 1 aliphatic heterocycles. The van der Waals surface area contributed by atoms with Crippen molar-refractivity contribution < 1.29 is 39.9 Å². The molecular formula is C18H16F6N4O3S2. The molecule has 15 heteroatoms. The van der Waals surface area contributed by atoms with E-state index in [1.807, 2.05) is 0 Å². The van der Waals surface area contributed by atoms with E-state index in [1.165, 1.54) is 22.2 Å². The average molecular weight is 514 g/mol. The predicted octanol–water partition coefficient (Wildman–Crippen LogP) is 2.75. The third-order valence-electron chi connectivity index (χ3n) is 4.88. The summed E-state index contributed by atoms with van der Waals surface area (Å²) in [5.74, 6) is 5.12. The zero-order chi connectivity index (χ0) is 24.7. The lowest BCUT2D eigenvalue weighted by molar-refractivity contribution is -0.376. The summed E-state index contributed by atoms with van der Waals surface area (Å²) in [6.07, 6.45) is -11.6. The quantitative estimate of drug-likeness (QED) is 0.499. The molecule has 2 aromatic heterocycles. The number of alkyl halides is 6. The Morgan fingerprint density at radius 3 is 2.21 bits per heavy atom. The molecule has 0 radical (unpaired) electrons. The number of nitrogens with zero attached hydrogens (tertiary/aromatic N) is 4. The first-order valence-electron chi connectivity index (χ1n) is 9.14. The molecule has 3 rings (SSSR count). The highest BCUT2D eigenvalue weighted by molar-refractivity contribution is 7.91. The topological polar surface area (TPSA) is 86.6 Å². The highest BCUT2D eigenvalue weighted by atomic mass is 32.2. The number of piperazine rings is 1. The monoisotopic (exact) mass is 514 g/mol.